The predicted octanol–water partition coefficient (Wildman–Crippen LogP) is 1.79. The molecule has 0 radical (unpaired) electrons. The average molecular weight is 268 g/mol. The van der Waals surface area contributed by atoms with Gasteiger partial charge in [0.1, 0.15) is 0 Å². The van der Waals surface area contributed by atoms with Crippen LogP contribution in [0.2, 0.25) is 0 Å². The summed E-state index contributed by atoms with van der Waals surface area (Å²) in [6.45, 7) is 6.54. The molecule has 19 heavy (non-hydrogen) atoms. The Morgan fingerprint density at radius 2 is 2.05 bits per heavy atom. The van der Waals surface area contributed by atoms with E-state index in [1.54, 1.807) is 0 Å². The number of amides is 1. The lowest BCUT2D eigenvalue weighted by Crippen LogP contribution is -2.48. The standard InChI is InChI=1S/C15H28N2O2/c1-2-9-17(12-14-5-3-4-8-16-14)15(18)13-6-10-19-11-7-13/h13-14,16H,2-12H2,1H3. The lowest BCUT2D eigenvalue weighted by molar-refractivity contribution is -0.139. The molecule has 1 atom stereocenters. The molecule has 0 aromatic carbocycles. The van der Waals surface area contributed by atoms with E-state index in [2.05, 4.69) is 17.1 Å². The van der Waals surface area contributed by atoms with Crippen LogP contribution in [0.4, 0.5) is 0 Å². The van der Waals surface area contributed by atoms with Crippen molar-refractivity contribution in [1.29, 1.82) is 0 Å². The van der Waals surface area contributed by atoms with Gasteiger partial charge in [0.25, 0.3) is 0 Å². The quantitative estimate of drug-likeness (QED) is 0.826. The van der Waals surface area contributed by atoms with Crippen LogP contribution < -0.4 is 5.32 Å². The minimum absolute atomic E-state index is 0.198. The van der Waals surface area contributed by atoms with Gasteiger partial charge in [-0.1, -0.05) is 13.3 Å². The third kappa shape index (κ3) is 4.46. The number of nitrogens with zero attached hydrogens (tertiary/aromatic N) is 1. The van der Waals surface area contributed by atoms with Gasteiger partial charge in [-0.15, -0.1) is 0 Å². The topological polar surface area (TPSA) is 41.6 Å². The van der Waals surface area contributed by atoms with E-state index in [4.69, 9.17) is 4.74 Å². The van der Waals surface area contributed by atoms with E-state index < -0.39 is 0 Å². The fraction of sp³-hybridized carbons (Fsp3) is 0.933. The Labute approximate surface area is 116 Å². The number of rotatable bonds is 5. The second-order valence-corrected chi connectivity index (χ2v) is 5.82. The molecule has 1 amide bonds. The SMILES string of the molecule is CCCN(CC1CCCCN1)C(=O)C1CCOCC1. The van der Waals surface area contributed by atoms with E-state index in [9.17, 15) is 4.79 Å². The highest BCUT2D eigenvalue weighted by Gasteiger charge is 2.27. The molecular formula is C15H28N2O2. The molecule has 0 aromatic rings. The molecule has 0 bridgehead atoms. The minimum Gasteiger partial charge on any atom is -0.381 e. The highest BCUT2D eigenvalue weighted by Crippen LogP contribution is 2.19. The van der Waals surface area contributed by atoms with Crippen molar-refractivity contribution >= 4 is 5.91 Å². The van der Waals surface area contributed by atoms with Crippen LogP contribution in [0.25, 0.3) is 0 Å². The Bertz CT molecular complexity index is 271. The number of carbonyl (C=O) groups excluding carboxylic acids is 1. The summed E-state index contributed by atoms with van der Waals surface area (Å²) in [6.07, 6.45) is 6.62. The number of ether oxygens (including phenoxy) is 1. The molecule has 0 aliphatic carbocycles. The highest BCUT2D eigenvalue weighted by atomic mass is 16.5. The molecule has 2 rings (SSSR count). The maximum Gasteiger partial charge on any atom is 0.225 e. The third-order valence-electron chi connectivity index (χ3n) is 4.23. The molecule has 4 nitrogen and oxygen atoms in total. The van der Waals surface area contributed by atoms with E-state index in [0.29, 0.717) is 11.9 Å². The number of nitrogens with one attached hydrogen (secondary N) is 1. The lowest BCUT2D eigenvalue weighted by Gasteiger charge is -2.33. The van der Waals surface area contributed by atoms with Crippen molar-refractivity contribution in [3.05, 3.63) is 0 Å². The second kappa shape index (κ2) is 7.85. The monoisotopic (exact) mass is 268 g/mol. The minimum atomic E-state index is 0.198. The van der Waals surface area contributed by atoms with Crippen LogP contribution in [0, 0.1) is 5.92 Å². The summed E-state index contributed by atoms with van der Waals surface area (Å²) in [5.74, 6) is 0.557. The van der Waals surface area contributed by atoms with Crippen molar-refractivity contribution in [3.63, 3.8) is 0 Å². The van der Waals surface area contributed by atoms with Crippen molar-refractivity contribution in [2.24, 2.45) is 5.92 Å². The van der Waals surface area contributed by atoms with Gasteiger partial charge in [-0.3, -0.25) is 4.79 Å². The van der Waals surface area contributed by atoms with Crippen LogP contribution in [0.1, 0.15) is 45.4 Å². The van der Waals surface area contributed by atoms with Gasteiger partial charge in [-0.2, -0.15) is 0 Å². The molecule has 0 saturated carbocycles. The van der Waals surface area contributed by atoms with Gasteiger partial charge in [0.2, 0.25) is 5.91 Å². The molecule has 0 aromatic heterocycles. The molecule has 2 aliphatic rings. The smallest absolute Gasteiger partial charge is 0.225 e. The first kappa shape index (κ1) is 14.8. The van der Waals surface area contributed by atoms with Gasteiger partial charge in [-0.05, 0) is 38.6 Å². The summed E-state index contributed by atoms with van der Waals surface area (Å²) in [6, 6.07) is 0.504. The zero-order valence-electron chi connectivity index (χ0n) is 12.2. The molecule has 0 spiro atoms. The van der Waals surface area contributed by atoms with Crippen molar-refractivity contribution < 1.29 is 9.53 Å². The van der Waals surface area contributed by atoms with E-state index in [0.717, 1.165) is 52.1 Å². The van der Waals surface area contributed by atoms with Crippen LogP contribution in [-0.2, 0) is 9.53 Å². The first-order valence-corrected chi connectivity index (χ1v) is 7.91. The molecule has 1 unspecified atom stereocenters. The Balaban J connectivity index is 1.87. The fourth-order valence-electron chi connectivity index (χ4n) is 3.11. The van der Waals surface area contributed by atoms with Crippen molar-refractivity contribution in [3.8, 4) is 0 Å². The Morgan fingerprint density at radius 3 is 2.68 bits per heavy atom. The Morgan fingerprint density at radius 1 is 1.26 bits per heavy atom. The summed E-state index contributed by atoms with van der Waals surface area (Å²) in [5, 5.41) is 3.55. The van der Waals surface area contributed by atoms with Gasteiger partial charge in [0, 0.05) is 38.3 Å². The number of hydrogen-bond acceptors (Lipinski definition) is 3. The first-order chi connectivity index (χ1) is 9.31. The van der Waals surface area contributed by atoms with Crippen LogP contribution in [0.3, 0.4) is 0 Å². The molecular weight excluding hydrogens is 240 g/mol. The number of piperidine rings is 1. The van der Waals surface area contributed by atoms with E-state index >= 15 is 0 Å². The number of carbonyl (C=O) groups is 1. The molecule has 4 heteroatoms. The summed E-state index contributed by atoms with van der Waals surface area (Å²) >= 11 is 0. The largest absolute Gasteiger partial charge is 0.381 e. The molecule has 2 heterocycles. The second-order valence-electron chi connectivity index (χ2n) is 5.82. The highest BCUT2D eigenvalue weighted by molar-refractivity contribution is 5.79. The van der Waals surface area contributed by atoms with Crippen LogP contribution >= 0.6 is 0 Å². The summed E-state index contributed by atoms with van der Waals surface area (Å²) in [5.41, 5.74) is 0. The first-order valence-electron chi connectivity index (χ1n) is 7.91. The summed E-state index contributed by atoms with van der Waals surface area (Å²) < 4.78 is 5.36. The van der Waals surface area contributed by atoms with E-state index in [1.807, 2.05) is 0 Å². The fourth-order valence-corrected chi connectivity index (χ4v) is 3.11. The van der Waals surface area contributed by atoms with Crippen molar-refractivity contribution in [2.75, 3.05) is 32.8 Å². The maximum atomic E-state index is 12.6. The predicted molar refractivity (Wildman–Crippen MR) is 76.1 cm³/mol. The van der Waals surface area contributed by atoms with Crippen molar-refractivity contribution in [1.82, 2.24) is 10.2 Å². The molecule has 2 fully saturated rings. The Hall–Kier alpha value is -0.610. The zero-order valence-corrected chi connectivity index (χ0v) is 12.2. The summed E-state index contributed by atoms with van der Waals surface area (Å²) in [4.78, 5) is 14.7. The molecule has 110 valence electrons. The van der Waals surface area contributed by atoms with Crippen LogP contribution in [-0.4, -0.2) is 49.7 Å². The van der Waals surface area contributed by atoms with Gasteiger partial charge in [-0.25, -0.2) is 0 Å². The van der Waals surface area contributed by atoms with E-state index in [-0.39, 0.29) is 5.92 Å². The van der Waals surface area contributed by atoms with Crippen LogP contribution in [0.15, 0.2) is 0 Å². The zero-order chi connectivity index (χ0) is 13.5. The Kier molecular flexibility index (Phi) is 6.11. The normalized spacial score (nSPS) is 25.2. The maximum absolute atomic E-state index is 12.6. The van der Waals surface area contributed by atoms with E-state index in [1.165, 1.54) is 19.3 Å². The average Bonchev–Trinajstić information content (AvgIpc) is 2.48. The summed E-state index contributed by atoms with van der Waals surface area (Å²) in [7, 11) is 0. The third-order valence-corrected chi connectivity index (χ3v) is 4.23. The molecule has 2 aliphatic heterocycles. The van der Waals surface area contributed by atoms with Gasteiger partial charge < -0.3 is 15.0 Å². The van der Waals surface area contributed by atoms with Gasteiger partial charge in [0.15, 0.2) is 0 Å². The van der Waals surface area contributed by atoms with Gasteiger partial charge >= 0.3 is 0 Å². The molecule has 2 saturated heterocycles. The lowest BCUT2D eigenvalue weighted by atomic mass is 9.97. The van der Waals surface area contributed by atoms with Gasteiger partial charge in [0.05, 0.1) is 0 Å². The number of hydrogen-bond donors (Lipinski definition) is 1. The van der Waals surface area contributed by atoms with Crippen molar-refractivity contribution in [2.45, 2.75) is 51.5 Å². The molecule has 1 N–H and O–H groups in total. The van der Waals surface area contributed by atoms with Crippen LogP contribution in [0.5, 0.6) is 0 Å².